The predicted octanol–water partition coefficient (Wildman–Crippen LogP) is 3.34. The van der Waals surface area contributed by atoms with E-state index in [0.29, 0.717) is 22.4 Å². The number of sulfonamides is 1. The van der Waals surface area contributed by atoms with Gasteiger partial charge in [0.2, 0.25) is 0 Å². The normalized spacial score (nSPS) is 11.4. The van der Waals surface area contributed by atoms with Crippen molar-refractivity contribution in [1.29, 1.82) is 0 Å². The molecular formula is C17H12N4O4S2. The summed E-state index contributed by atoms with van der Waals surface area (Å²) in [7, 11) is -3.73. The molecule has 2 aromatic carbocycles. The van der Waals surface area contributed by atoms with Gasteiger partial charge in [0.15, 0.2) is 17.1 Å². The van der Waals surface area contributed by atoms with E-state index < -0.39 is 10.0 Å². The molecule has 8 nitrogen and oxygen atoms in total. The minimum Gasteiger partial charge on any atom is -0.443 e. The van der Waals surface area contributed by atoms with Crippen LogP contribution in [0.2, 0.25) is 0 Å². The number of rotatable bonds is 5. The summed E-state index contributed by atoms with van der Waals surface area (Å²) in [6.07, 6.45) is 2.82. The van der Waals surface area contributed by atoms with Crippen molar-refractivity contribution in [2.24, 2.45) is 0 Å². The highest BCUT2D eigenvalue weighted by molar-refractivity contribution is 7.93. The molecule has 4 rings (SSSR count). The highest BCUT2D eigenvalue weighted by Gasteiger charge is 2.16. The third-order valence-electron chi connectivity index (χ3n) is 3.67. The molecule has 136 valence electrons. The average Bonchev–Trinajstić information content (AvgIpc) is 3.32. The van der Waals surface area contributed by atoms with E-state index in [1.807, 2.05) is 0 Å². The Hall–Kier alpha value is -3.24. The van der Waals surface area contributed by atoms with Crippen molar-refractivity contribution in [2.45, 2.75) is 4.90 Å². The van der Waals surface area contributed by atoms with E-state index in [0.717, 1.165) is 0 Å². The number of hydrogen-bond donors (Lipinski definition) is 2. The second kappa shape index (κ2) is 6.82. The van der Waals surface area contributed by atoms with Gasteiger partial charge in [0.05, 0.1) is 4.90 Å². The Kier molecular flexibility index (Phi) is 4.34. The summed E-state index contributed by atoms with van der Waals surface area (Å²) in [5.74, 6) is -0.337. The number of nitrogens with zero attached hydrogens (tertiary/aromatic N) is 2. The summed E-state index contributed by atoms with van der Waals surface area (Å²) < 4.78 is 32.1. The fraction of sp³-hybridized carbons (Fsp3) is 0. The van der Waals surface area contributed by atoms with Crippen molar-refractivity contribution in [2.75, 3.05) is 10.0 Å². The zero-order chi connectivity index (χ0) is 18.9. The monoisotopic (exact) mass is 400 g/mol. The van der Waals surface area contributed by atoms with Gasteiger partial charge in [-0.05, 0) is 42.5 Å². The lowest BCUT2D eigenvalue weighted by Gasteiger charge is -2.08. The van der Waals surface area contributed by atoms with Crippen LogP contribution in [0.15, 0.2) is 69.7 Å². The van der Waals surface area contributed by atoms with Gasteiger partial charge in [-0.2, -0.15) is 0 Å². The first kappa shape index (κ1) is 17.2. The molecule has 27 heavy (non-hydrogen) atoms. The number of nitrogens with one attached hydrogen (secondary N) is 2. The molecule has 0 atom stereocenters. The molecule has 2 heterocycles. The molecule has 0 spiro atoms. The van der Waals surface area contributed by atoms with Crippen LogP contribution in [0, 0.1) is 0 Å². The van der Waals surface area contributed by atoms with Crippen LogP contribution < -0.4 is 10.0 Å². The van der Waals surface area contributed by atoms with E-state index >= 15 is 0 Å². The molecule has 0 aliphatic rings. The fourth-order valence-electron chi connectivity index (χ4n) is 2.37. The van der Waals surface area contributed by atoms with Gasteiger partial charge < -0.3 is 9.73 Å². The number of aromatic nitrogens is 2. The van der Waals surface area contributed by atoms with Gasteiger partial charge in [0, 0.05) is 22.8 Å². The SMILES string of the molecule is O=C(Nc1ccc(S(=O)(=O)Nc2nccs2)cc1)c1ccc2ocnc2c1. The Labute approximate surface area is 157 Å². The maximum absolute atomic E-state index is 12.4. The van der Waals surface area contributed by atoms with Crippen LogP contribution in [0.1, 0.15) is 10.4 Å². The minimum atomic E-state index is -3.73. The van der Waals surface area contributed by atoms with E-state index in [1.165, 1.54) is 48.2 Å². The predicted molar refractivity (Wildman–Crippen MR) is 101 cm³/mol. The Morgan fingerprint density at radius 1 is 1.07 bits per heavy atom. The topological polar surface area (TPSA) is 114 Å². The number of fused-ring (bicyclic) bond motifs is 1. The molecule has 2 aromatic heterocycles. The Bertz CT molecular complexity index is 1200. The molecule has 0 bridgehead atoms. The lowest BCUT2D eigenvalue weighted by Crippen LogP contribution is -2.14. The van der Waals surface area contributed by atoms with Crippen LogP contribution in [0.4, 0.5) is 10.8 Å². The Morgan fingerprint density at radius 3 is 2.63 bits per heavy atom. The number of hydrogen-bond acceptors (Lipinski definition) is 7. The quantitative estimate of drug-likeness (QED) is 0.531. The molecule has 0 radical (unpaired) electrons. The number of amides is 1. The summed E-state index contributed by atoms with van der Waals surface area (Å²) in [6.45, 7) is 0. The summed E-state index contributed by atoms with van der Waals surface area (Å²) in [5.41, 5.74) is 2.05. The van der Waals surface area contributed by atoms with Crippen LogP contribution in [0.25, 0.3) is 11.1 Å². The van der Waals surface area contributed by atoms with Crippen LogP contribution in [-0.2, 0) is 10.0 Å². The lowest BCUT2D eigenvalue weighted by atomic mass is 10.2. The second-order valence-electron chi connectivity index (χ2n) is 5.46. The molecule has 1 amide bonds. The largest absolute Gasteiger partial charge is 0.443 e. The molecule has 2 N–H and O–H groups in total. The van der Waals surface area contributed by atoms with Crippen LogP contribution in [0.3, 0.4) is 0 Å². The maximum atomic E-state index is 12.4. The summed E-state index contributed by atoms with van der Waals surface area (Å²) in [5, 5.41) is 4.68. The zero-order valence-corrected chi connectivity index (χ0v) is 15.3. The molecule has 0 aliphatic heterocycles. The van der Waals surface area contributed by atoms with Gasteiger partial charge in [-0.3, -0.25) is 9.52 Å². The zero-order valence-electron chi connectivity index (χ0n) is 13.6. The van der Waals surface area contributed by atoms with Crippen molar-refractivity contribution >= 4 is 49.2 Å². The first-order chi connectivity index (χ1) is 13.0. The van der Waals surface area contributed by atoms with Gasteiger partial charge in [0.25, 0.3) is 15.9 Å². The lowest BCUT2D eigenvalue weighted by molar-refractivity contribution is 0.102. The maximum Gasteiger partial charge on any atom is 0.263 e. The molecule has 0 aliphatic carbocycles. The van der Waals surface area contributed by atoms with Gasteiger partial charge in [-0.1, -0.05) is 0 Å². The average molecular weight is 400 g/mol. The van der Waals surface area contributed by atoms with Crippen molar-refractivity contribution in [3.8, 4) is 0 Å². The third-order valence-corrected chi connectivity index (χ3v) is 5.84. The molecule has 0 saturated heterocycles. The number of anilines is 2. The fourth-order valence-corrected chi connectivity index (χ4v) is 4.16. The number of benzene rings is 2. The molecule has 0 unspecified atom stereocenters. The standard InChI is InChI=1S/C17H12N4O4S2/c22-16(11-1-6-15-14(9-11)19-10-25-15)20-12-2-4-13(5-3-12)27(23,24)21-17-18-7-8-26-17/h1-10H,(H,18,21)(H,20,22). The highest BCUT2D eigenvalue weighted by atomic mass is 32.2. The summed E-state index contributed by atoms with van der Waals surface area (Å²) in [6, 6.07) is 10.8. The van der Waals surface area contributed by atoms with E-state index in [4.69, 9.17) is 4.42 Å². The molecular weight excluding hydrogens is 388 g/mol. The summed E-state index contributed by atoms with van der Waals surface area (Å²) in [4.78, 5) is 20.3. The Morgan fingerprint density at radius 2 is 1.89 bits per heavy atom. The van der Waals surface area contributed by atoms with E-state index in [2.05, 4.69) is 20.0 Å². The minimum absolute atomic E-state index is 0.0692. The molecule has 10 heteroatoms. The van der Waals surface area contributed by atoms with E-state index in [9.17, 15) is 13.2 Å². The number of thiazole rings is 1. The first-order valence-electron chi connectivity index (χ1n) is 7.68. The smallest absolute Gasteiger partial charge is 0.263 e. The second-order valence-corrected chi connectivity index (χ2v) is 8.03. The first-order valence-corrected chi connectivity index (χ1v) is 10.0. The van der Waals surface area contributed by atoms with Crippen molar-refractivity contribution in [1.82, 2.24) is 9.97 Å². The molecule has 4 aromatic rings. The number of oxazole rings is 1. The number of carbonyl (C=O) groups excluding carboxylic acids is 1. The van der Waals surface area contributed by atoms with E-state index in [1.54, 1.807) is 23.6 Å². The Balaban J connectivity index is 1.49. The molecule has 0 saturated carbocycles. The van der Waals surface area contributed by atoms with E-state index in [-0.39, 0.29) is 15.9 Å². The summed E-state index contributed by atoms with van der Waals surface area (Å²) >= 11 is 1.18. The molecule has 0 fully saturated rings. The van der Waals surface area contributed by atoms with Crippen LogP contribution >= 0.6 is 11.3 Å². The van der Waals surface area contributed by atoms with Crippen molar-refractivity contribution < 1.29 is 17.6 Å². The van der Waals surface area contributed by atoms with Gasteiger partial charge in [0.1, 0.15) is 5.52 Å². The van der Waals surface area contributed by atoms with Crippen LogP contribution in [0.5, 0.6) is 0 Å². The van der Waals surface area contributed by atoms with Gasteiger partial charge >= 0.3 is 0 Å². The van der Waals surface area contributed by atoms with Gasteiger partial charge in [-0.25, -0.2) is 18.4 Å². The third kappa shape index (κ3) is 3.66. The van der Waals surface area contributed by atoms with Gasteiger partial charge in [-0.15, -0.1) is 11.3 Å². The number of carbonyl (C=O) groups is 1. The van der Waals surface area contributed by atoms with Crippen molar-refractivity contribution in [3.63, 3.8) is 0 Å². The van der Waals surface area contributed by atoms with Crippen molar-refractivity contribution in [3.05, 3.63) is 66.0 Å². The van der Waals surface area contributed by atoms with Crippen LogP contribution in [-0.4, -0.2) is 24.3 Å². The highest BCUT2D eigenvalue weighted by Crippen LogP contribution is 2.20.